The lowest BCUT2D eigenvalue weighted by atomic mass is 10.1. The van der Waals surface area contributed by atoms with Gasteiger partial charge in [-0.1, -0.05) is 42.5 Å². The molecule has 0 spiro atoms. The van der Waals surface area contributed by atoms with Crippen molar-refractivity contribution in [1.29, 1.82) is 0 Å². The molecule has 0 radical (unpaired) electrons. The van der Waals surface area contributed by atoms with Crippen molar-refractivity contribution in [3.63, 3.8) is 0 Å². The van der Waals surface area contributed by atoms with Crippen molar-refractivity contribution in [3.8, 4) is 22.9 Å². The van der Waals surface area contributed by atoms with Crippen LogP contribution in [-0.4, -0.2) is 44.2 Å². The van der Waals surface area contributed by atoms with Crippen LogP contribution in [0.1, 0.15) is 17.0 Å². The van der Waals surface area contributed by atoms with Crippen molar-refractivity contribution in [1.82, 2.24) is 24.5 Å². The van der Waals surface area contributed by atoms with E-state index in [0.29, 0.717) is 18.0 Å². The molecule has 9 heteroatoms. The van der Waals surface area contributed by atoms with E-state index in [1.807, 2.05) is 54.6 Å². The fourth-order valence-corrected chi connectivity index (χ4v) is 4.25. The summed E-state index contributed by atoms with van der Waals surface area (Å²) < 4.78 is 14.7. The lowest BCUT2D eigenvalue weighted by molar-refractivity contribution is -0.118. The molecule has 0 aliphatic carbocycles. The summed E-state index contributed by atoms with van der Waals surface area (Å²) in [6, 6.07) is 25.9. The van der Waals surface area contributed by atoms with Gasteiger partial charge in [-0.3, -0.25) is 9.48 Å². The van der Waals surface area contributed by atoms with E-state index in [1.54, 1.807) is 31.2 Å². The van der Waals surface area contributed by atoms with E-state index < -0.39 is 0 Å². The van der Waals surface area contributed by atoms with Crippen LogP contribution in [0.3, 0.4) is 0 Å². The van der Waals surface area contributed by atoms with E-state index in [9.17, 15) is 4.79 Å². The molecule has 39 heavy (non-hydrogen) atoms. The summed E-state index contributed by atoms with van der Waals surface area (Å²) in [6.07, 6.45) is 4.90. The predicted octanol–water partition coefficient (Wildman–Crippen LogP) is 4.54. The van der Waals surface area contributed by atoms with E-state index in [2.05, 4.69) is 49.4 Å². The molecule has 1 amide bonds. The standard InChI is InChI=1S/C30H30N6O3/c1-35-20-25(18-31-35)32-29(37)21-39-27-15-11-24(12-16-27)30-34-33-28(36(30)19-23-6-4-3-5-7-23)17-10-22-8-13-26(38-2)14-9-22/h3-9,11-16,18,20H,10,17,19,21H2,1-2H3,(H,32,37). The van der Waals surface area contributed by atoms with Crippen LogP contribution >= 0.6 is 0 Å². The van der Waals surface area contributed by atoms with Crippen LogP contribution in [0, 0.1) is 0 Å². The molecule has 2 aromatic heterocycles. The van der Waals surface area contributed by atoms with Crippen molar-refractivity contribution < 1.29 is 14.3 Å². The van der Waals surface area contributed by atoms with E-state index in [1.165, 1.54) is 11.1 Å². The third-order valence-corrected chi connectivity index (χ3v) is 6.28. The molecule has 0 unspecified atom stereocenters. The number of methoxy groups -OCH3 is 1. The first-order valence-corrected chi connectivity index (χ1v) is 12.7. The quantitative estimate of drug-likeness (QED) is 0.274. The maximum atomic E-state index is 12.2. The Morgan fingerprint density at radius 1 is 0.872 bits per heavy atom. The topological polar surface area (TPSA) is 96.1 Å². The molecule has 0 saturated carbocycles. The first-order valence-electron chi connectivity index (χ1n) is 12.7. The first kappa shape index (κ1) is 25.7. The van der Waals surface area contributed by atoms with Gasteiger partial charge >= 0.3 is 0 Å². The minimum Gasteiger partial charge on any atom is -0.497 e. The Kier molecular flexibility index (Phi) is 7.97. The zero-order valence-corrected chi connectivity index (χ0v) is 21.9. The summed E-state index contributed by atoms with van der Waals surface area (Å²) in [6.45, 7) is 0.557. The van der Waals surface area contributed by atoms with Crippen LogP contribution in [0.25, 0.3) is 11.4 Å². The Balaban J connectivity index is 1.29. The SMILES string of the molecule is COc1ccc(CCc2nnc(-c3ccc(OCC(=O)Nc4cnn(C)c4)cc3)n2Cc2ccccc2)cc1. The van der Waals surface area contributed by atoms with Gasteiger partial charge in [0.2, 0.25) is 0 Å². The largest absolute Gasteiger partial charge is 0.497 e. The molecule has 0 fully saturated rings. The second-order valence-electron chi connectivity index (χ2n) is 9.12. The number of aryl methyl sites for hydroxylation is 3. The molecule has 5 aromatic rings. The highest BCUT2D eigenvalue weighted by molar-refractivity contribution is 5.91. The lowest BCUT2D eigenvalue weighted by Crippen LogP contribution is -2.19. The summed E-state index contributed by atoms with van der Waals surface area (Å²) in [5.74, 6) is 2.88. The highest BCUT2D eigenvalue weighted by Gasteiger charge is 2.15. The molecule has 2 heterocycles. The van der Waals surface area contributed by atoms with Crippen LogP contribution < -0.4 is 14.8 Å². The number of hydrogen-bond donors (Lipinski definition) is 1. The average Bonchev–Trinajstić information content (AvgIpc) is 3.57. The second kappa shape index (κ2) is 12.1. The van der Waals surface area contributed by atoms with Gasteiger partial charge in [0, 0.05) is 25.2 Å². The van der Waals surface area contributed by atoms with E-state index in [0.717, 1.165) is 35.8 Å². The second-order valence-corrected chi connectivity index (χ2v) is 9.12. The predicted molar refractivity (Wildman–Crippen MR) is 149 cm³/mol. The number of nitrogens with zero attached hydrogens (tertiary/aromatic N) is 5. The van der Waals surface area contributed by atoms with Gasteiger partial charge in [0.25, 0.3) is 5.91 Å². The molecular formula is C30H30N6O3. The highest BCUT2D eigenvalue weighted by Crippen LogP contribution is 2.24. The Morgan fingerprint density at radius 3 is 2.31 bits per heavy atom. The molecule has 3 aromatic carbocycles. The van der Waals surface area contributed by atoms with Crippen molar-refractivity contribution >= 4 is 11.6 Å². The van der Waals surface area contributed by atoms with E-state index in [-0.39, 0.29) is 12.5 Å². The first-order chi connectivity index (χ1) is 19.1. The van der Waals surface area contributed by atoms with Gasteiger partial charge in [0.15, 0.2) is 12.4 Å². The number of nitrogens with one attached hydrogen (secondary N) is 1. The highest BCUT2D eigenvalue weighted by atomic mass is 16.5. The van der Waals surface area contributed by atoms with Crippen molar-refractivity contribution in [3.05, 3.63) is 108 Å². The lowest BCUT2D eigenvalue weighted by Gasteiger charge is -2.12. The molecule has 198 valence electrons. The van der Waals surface area contributed by atoms with Gasteiger partial charge in [0.1, 0.15) is 17.3 Å². The summed E-state index contributed by atoms with van der Waals surface area (Å²) in [5.41, 5.74) is 3.92. The maximum absolute atomic E-state index is 12.2. The van der Waals surface area contributed by atoms with Gasteiger partial charge < -0.3 is 19.4 Å². The molecule has 9 nitrogen and oxygen atoms in total. The number of ether oxygens (including phenoxy) is 2. The van der Waals surface area contributed by atoms with Gasteiger partial charge in [-0.15, -0.1) is 10.2 Å². The number of amides is 1. The number of benzene rings is 3. The van der Waals surface area contributed by atoms with Gasteiger partial charge in [-0.2, -0.15) is 5.10 Å². The molecule has 1 N–H and O–H groups in total. The van der Waals surface area contributed by atoms with Crippen LogP contribution in [0.2, 0.25) is 0 Å². The third kappa shape index (κ3) is 6.70. The van der Waals surface area contributed by atoms with Gasteiger partial charge in [-0.25, -0.2) is 0 Å². The number of carbonyl (C=O) groups excluding carboxylic acids is 1. The van der Waals surface area contributed by atoms with E-state index >= 15 is 0 Å². The third-order valence-electron chi connectivity index (χ3n) is 6.28. The molecular weight excluding hydrogens is 492 g/mol. The Bertz CT molecular complexity index is 1510. The fourth-order valence-electron chi connectivity index (χ4n) is 4.25. The Labute approximate surface area is 227 Å². The number of rotatable bonds is 11. The fraction of sp³-hybridized carbons (Fsp3) is 0.200. The van der Waals surface area contributed by atoms with E-state index in [4.69, 9.17) is 9.47 Å². The molecule has 0 aliphatic heterocycles. The van der Waals surface area contributed by atoms with Crippen LogP contribution in [0.4, 0.5) is 5.69 Å². The van der Waals surface area contributed by atoms with Gasteiger partial charge in [0.05, 0.1) is 25.5 Å². The van der Waals surface area contributed by atoms with Crippen molar-refractivity contribution in [2.75, 3.05) is 19.0 Å². The smallest absolute Gasteiger partial charge is 0.262 e. The minimum absolute atomic E-state index is 0.103. The minimum atomic E-state index is -0.254. The number of aromatic nitrogens is 5. The normalized spacial score (nSPS) is 10.8. The Morgan fingerprint density at radius 2 is 1.62 bits per heavy atom. The molecule has 0 bridgehead atoms. The average molecular weight is 523 g/mol. The number of hydrogen-bond acceptors (Lipinski definition) is 6. The van der Waals surface area contributed by atoms with Crippen molar-refractivity contribution in [2.24, 2.45) is 7.05 Å². The van der Waals surface area contributed by atoms with Crippen LogP contribution in [-0.2, 0) is 31.2 Å². The Hall–Kier alpha value is -4.92. The summed E-state index contributed by atoms with van der Waals surface area (Å²) in [4.78, 5) is 12.2. The molecule has 0 atom stereocenters. The number of anilines is 1. The zero-order valence-electron chi connectivity index (χ0n) is 21.9. The summed E-state index contributed by atoms with van der Waals surface area (Å²) in [7, 11) is 3.46. The summed E-state index contributed by atoms with van der Waals surface area (Å²) in [5, 5.41) is 15.9. The number of carbonyl (C=O) groups is 1. The van der Waals surface area contributed by atoms with Crippen LogP contribution in [0.5, 0.6) is 11.5 Å². The van der Waals surface area contributed by atoms with Crippen LogP contribution in [0.15, 0.2) is 91.3 Å². The summed E-state index contributed by atoms with van der Waals surface area (Å²) >= 11 is 0. The zero-order chi connectivity index (χ0) is 27.0. The molecule has 0 aliphatic rings. The maximum Gasteiger partial charge on any atom is 0.262 e. The van der Waals surface area contributed by atoms with Gasteiger partial charge in [-0.05, 0) is 53.9 Å². The monoisotopic (exact) mass is 522 g/mol. The van der Waals surface area contributed by atoms with Crippen molar-refractivity contribution in [2.45, 2.75) is 19.4 Å². The molecule has 5 rings (SSSR count). The molecule has 0 saturated heterocycles.